The minimum absolute atomic E-state index is 0.0711. The van der Waals surface area contributed by atoms with Crippen LogP contribution in [0.1, 0.15) is 53.9 Å². The van der Waals surface area contributed by atoms with Gasteiger partial charge in [-0.3, -0.25) is 4.79 Å². The third-order valence-electron chi connectivity index (χ3n) is 6.50. The van der Waals surface area contributed by atoms with Crippen LogP contribution < -0.4 is 9.47 Å². The third kappa shape index (κ3) is 3.46. The van der Waals surface area contributed by atoms with Crippen LogP contribution in [0.3, 0.4) is 0 Å². The molecule has 3 aromatic rings. The molecule has 0 radical (unpaired) electrons. The zero-order valence-electron chi connectivity index (χ0n) is 19.2. The second kappa shape index (κ2) is 7.73. The van der Waals surface area contributed by atoms with Gasteiger partial charge in [0.1, 0.15) is 11.5 Å². The topological polar surface area (TPSA) is 43.7 Å². The van der Waals surface area contributed by atoms with Crippen molar-refractivity contribution in [1.82, 2.24) is 9.47 Å². The highest BCUT2D eigenvalue weighted by Gasteiger charge is 2.44. The average molecular weight is 431 g/mol. The molecule has 5 rings (SSSR count). The van der Waals surface area contributed by atoms with Crippen LogP contribution in [0.2, 0.25) is 0 Å². The lowest BCUT2D eigenvalue weighted by Gasteiger charge is -2.45. The van der Waals surface area contributed by atoms with Crippen molar-refractivity contribution in [3.63, 3.8) is 0 Å². The summed E-state index contributed by atoms with van der Waals surface area (Å²) in [6.07, 6.45) is 3.82. The molecule has 0 aliphatic carbocycles. The first kappa shape index (κ1) is 20.7. The summed E-state index contributed by atoms with van der Waals surface area (Å²) in [5.74, 6) is 1.81. The normalized spacial score (nSPS) is 16.5. The summed E-state index contributed by atoms with van der Waals surface area (Å²) in [7, 11) is 0. The van der Waals surface area contributed by atoms with Gasteiger partial charge in [0.15, 0.2) is 5.60 Å². The van der Waals surface area contributed by atoms with Crippen LogP contribution in [0.15, 0.2) is 54.7 Å². The Balaban J connectivity index is 1.36. The Kier molecular flexibility index (Phi) is 5.00. The number of nitrogens with zero attached hydrogens (tertiary/aromatic N) is 2. The molecule has 32 heavy (non-hydrogen) atoms. The predicted molar refractivity (Wildman–Crippen MR) is 125 cm³/mol. The van der Waals surface area contributed by atoms with Crippen molar-refractivity contribution in [2.75, 3.05) is 13.1 Å². The van der Waals surface area contributed by atoms with Gasteiger partial charge in [0.2, 0.25) is 0 Å². The van der Waals surface area contributed by atoms with Crippen molar-refractivity contribution in [1.29, 1.82) is 0 Å². The van der Waals surface area contributed by atoms with Gasteiger partial charge >= 0.3 is 0 Å². The zero-order valence-corrected chi connectivity index (χ0v) is 19.2. The van der Waals surface area contributed by atoms with Gasteiger partial charge in [-0.25, -0.2) is 0 Å². The number of carbonyl (C=O) groups is 1. The largest absolute Gasteiger partial charge is 0.491 e. The predicted octanol–water partition coefficient (Wildman–Crippen LogP) is 5.41. The Morgan fingerprint density at radius 2 is 1.81 bits per heavy atom. The van der Waals surface area contributed by atoms with Crippen LogP contribution in [-0.4, -0.2) is 34.6 Å². The summed E-state index contributed by atoms with van der Waals surface area (Å²) in [5.41, 5.74) is 4.79. The molecule has 0 bridgehead atoms. The summed E-state index contributed by atoms with van der Waals surface area (Å²) < 4.78 is 14.7. The lowest BCUT2D eigenvalue weighted by molar-refractivity contribution is -0.00931. The molecule has 3 heterocycles. The number of fused-ring (bicyclic) bond motifs is 4. The summed E-state index contributed by atoms with van der Waals surface area (Å²) in [6, 6.07) is 16.1. The number of para-hydroxylation sites is 2. The number of carbonyl (C=O) groups excluding carboxylic acids is 1. The Morgan fingerprint density at radius 3 is 2.53 bits per heavy atom. The van der Waals surface area contributed by atoms with Crippen molar-refractivity contribution < 1.29 is 14.3 Å². The lowest BCUT2D eigenvalue weighted by atomic mass is 9.86. The molecular formula is C27H30N2O3. The Morgan fingerprint density at radius 1 is 1.06 bits per heavy atom. The molecule has 0 atom stereocenters. The minimum atomic E-state index is -0.399. The maximum absolute atomic E-state index is 13.2. The fraction of sp³-hybridized carbons (Fsp3) is 0.370. The molecule has 5 heteroatoms. The quantitative estimate of drug-likeness (QED) is 0.558. The van der Waals surface area contributed by atoms with E-state index < -0.39 is 5.60 Å². The van der Waals surface area contributed by atoms with Gasteiger partial charge in [0, 0.05) is 37.7 Å². The second-order valence-electron chi connectivity index (χ2n) is 9.28. The van der Waals surface area contributed by atoms with Crippen molar-refractivity contribution in [2.24, 2.45) is 0 Å². The number of piperidine rings is 1. The van der Waals surface area contributed by atoms with Gasteiger partial charge in [-0.2, -0.15) is 0 Å². The maximum Gasteiger partial charge on any atom is 0.253 e. The molecule has 1 fully saturated rings. The molecule has 2 aliphatic rings. The SMILES string of the molecule is Cc1cc2n(c1)-c1ccccc1OC21CCN(C(=O)c2ccc(OC(C)C)c(C)c2)CC1. The molecule has 1 spiro atoms. The Labute approximate surface area is 189 Å². The number of likely N-dealkylation sites (tertiary alicyclic amines) is 1. The van der Waals surface area contributed by atoms with E-state index in [0.717, 1.165) is 35.6 Å². The van der Waals surface area contributed by atoms with E-state index in [2.05, 4.69) is 29.8 Å². The standard InChI is InChI=1S/C27H30N2O3/c1-18(2)31-23-10-9-21(16-20(23)4)26(30)28-13-11-27(12-14-28)25-15-19(3)17-29(25)22-7-5-6-8-24(22)32-27/h5-10,15-18H,11-14H2,1-4H3. The van der Waals surface area contributed by atoms with Crippen LogP contribution in [0.25, 0.3) is 5.69 Å². The zero-order chi connectivity index (χ0) is 22.5. The van der Waals surface area contributed by atoms with Crippen LogP contribution >= 0.6 is 0 Å². The number of hydrogen-bond donors (Lipinski definition) is 0. The van der Waals surface area contributed by atoms with E-state index in [1.54, 1.807) is 0 Å². The first-order valence-electron chi connectivity index (χ1n) is 11.4. The van der Waals surface area contributed by atoms with Crippen molar-refractivity contribution in [3.05, 3.63) is 77.1 Å². The van der Waals surface area contributed by atoms with Crippen molar-refractivity contribution in [3.8, 4) is 17.2 Å². The molecule has 0 unspecified atom stereocenters. The van der Waals surface area contributed by atoms with E-state index in [1.165, 1.54) is 11.3 Å². The maximum atomic E-state index is 13.2. The molecule has 1 aromatic heterocycles. The summed E-state index contributed by atoms with van der Waals surface area (Å²) in [4.78, 5) is 15.2. The number of rotatable bonds is 3. The highest BCUT2D eigenvalue weighted by atomic mass is 16.5. The van der Waals surface area contributed by atoms with Gasteiger partial charge in [-0.05, 0) is 75.2 Å². The summed E-state index contributed by atoms with van der Waals surface area (Å²) >= 11 is 0. The van der Waals surface area contributed by atoms with Crippen LogP contribution in [0.4, 0.5) is 0 Å². The number of amides is 1. The monoisotopic (exact) mass is 430 g/mol. The smallest absolute Gasteiger partial charge is 0.253 e. The lowest BCUT2D eigenvalue weighted by Crippen LogP contribution is -2.50. The molecule has 166 valence electrons. The molecular weight excluding hydrogens is 400 g/mol. The van der Waals surface area contributed by atoms with E-state index in [1.807, 2.05) is 62.1 Å². The van der Waals surface area contributed by atoms with E-state index in [-0.39, 0.29) is 12.0 Å². The number of aryl methyl sites for hydroxylation is 2. The van der Waals surface area contributed by atoms with Gasteiger partial charge < -0.3 is 18.9 Å². The fourth-order valence-corrected chi connectivity index (χ4v) is 4.93. The third-order valence-corrected chi connectivity index (χ3v) is 6.50. The Bertz CT molecular complexity index is 1170. The van der Waals surface area contributed by atoms with Crippen LogP contribution in [0.5, 0.6) is 11.5 Å². The van der Waals surface area contributed by atoms with Crippen LogP contribution in [-0.2, 0) is 5.60 Å². The molecule has 2 aromatic carbocycles. The molecule has 2 aliphatic heterocycles. The fourth-order valence-electron chi connectivity index (χ4n) is 4.93. The number of benzene rings is 2. The molecule has 1 saturated heterocycles. The van der Waals surface area contributed by atoms with Crippen molar-refractivity contribution in [2.45, 2.75) is 52.2 Å². The Hall–Kier alpha value is -3.21. The van der Waals surface area contributed by atoms with Crippen LogP contribution in [0, 0.1) is 13.8 Å². The molecule has 0 N–H and O–H groups in total. The summed E-state index contributed by atoms with van der Waals surface area (Å²) in [5, 5.41) is 0. The number of aromatic nitrogens is 1. The molecule has 5 nitrogen and oxygen atoms in total. The van der Waals surface area contributed by atoms with E-state index in [9.17, 15) is 4.79 Å². The molecule has 0 saturated carbocycles. The summed E-state index contributed by atoms with van der Waals surface area (Å²) in [6.45, 7) is 9.44. The molecule has 1 amide bonds. The van der Waals surface area contributed by atoms with Gasteiger partial charge in [0.05, 0.1) is 17.5 Å². The van der Waals surface area contributed by atoms with E-state index in [4.69, 9.17) is 9.47 Å². The minimum Gasteiger partial charge on any atom is -0.491 e. The first-order valence-corrected chi connectivity index (χ1v) is 11.4. The average Bonchev–Trinajstić information content (AvgIpc) is 3.18. The number of ether oxygens (including phenoxy) is 2. The van der Waals surface area contributed by atoms with Crippen molar-refractivity contribution >= 4 is 5.91 Å². The van der Waals surface area contributed by atoms with E-state index >= 15 is 0 Å². The van der Waals surface area contributed by atoms with Gasteiger partial charge in [-0.15, -0.1) is 0 Å². The highest BCUT2D eigenvalue weighted by molar-refractivity contribution is 5.94. The van der Waals surface area contributed by atoms with E-state index in [0.29, 0.717) is 18.7 Å². The first-order chi connectivity index (χ1) is 15.4. The second-order valence-corrected chi connectivity index (χ2v) is 9.28. The van der Waals surface area contributed by atoms with Gasteiger partial charge in [0.25, 0.3) is 5.91 Å². The number of hydrogen-bond acceptors (Lipinski definition) is 3. The van der Waals surface area contributed by atoms with Gasteiger partial charge in [-0.1, -0.05) is 12.1 Å². The highest BCUT2D eigenvalue weighted by Crippen LogP contribution is 2.45.